The number of hydrogen-bond donors (Lipinski definition) is 2. The number of benzene rings is 1. The lowest BCUT2D eigenvalue weighted by atomic mass is 9.95. The highest BCUT2D eigenvalue weighted by atomic mass is 19.3. The molecule has 0 bridgehead atoms. The minimum absolute atomic E-state index is 0.0204. The van der Waals surface area contributed by atoms with E-state index in [2.05, 4.69) is 16.4 Å². The van der Waals surface area contributed by atoms with Gasteiger partial charge in [-0.2, -0.15) is 0 Å². The van der Waals surface area contributed by atoms with Crippen LogP contribution in [0.2, 0.25) is 0 Å². The molecule has 0 aliphatic carbocycles. The van der Waals surface area contributed by atoms with Gasteiger partial charge in [0, 0.05) is 18.7 Å². The Hall–Kier alpha value is -2.58. The topological polar surface area (TPSA) is 74.7 Å². The highest BCUT2D eigenvalue weighted by molar-refractivity contribution is 5.76. The Morgan fingerprint density at radius 3 is 2.81 bits per heavy atom. The predicted octanol–water partition coefficient (Wildman–Crippen LogP) is 6.00. The molecule has 8 heteroatoms. The highest BCUT2D eigenvalue weighted by Crippen LogP contribution is 2.41. The first kappa shape index (κ1) is 27.5. The summed E-state index contributed by atoms with van der Waals surface area (Å²) in [7, 11) is 0. The van der Waals surface area contributed by atoms with Gasteiger partial charge >= 0.3 is 5.97 Å². The monoisotopic (exact) mass is 515 g/mol. The Balaban J connectivity index is 1.40. The lowest BCUT2D eigenvalue weighted by Gasteiger charge is -2.36. The molecular weight excluding hydrogens is 476 g/mol. The predicted molar refractivity (Wildman–Crippen MR) is 140 cm³/mol. The van der Waals surface area contributed by atoms with E-state index in [9.17, 15) is 9.90 Å². The maximum absolute atomic E-state index is 15.5. The van der Waals surface area contributed by atoms with Crippen LogP contribution in [0.15, 0.2) is 36.4 Å². The summed E-state index contributed by atoms with van der Waals surface area (Å²) < 4.78 is 36.8. The summed E-state index contributed by atoms with van der Waals surface area (Å²) in [4.78, 5) is 18.6. The van der Waals surface area contributed by atoms with E-state index in [-0.39, 0.29) is 19.1 Å². The second-order valence-corrected chi connectivity index (χ2v) is 10.5. The van der Waals surface area contributed by atoms with E-state index in [4.69, 9.17) is 4.74 Å². The lowest BCUT2D eigenvalue weighted by molar-refractivity contribution is -0.148. The van der Waals surface area contributed by atoms with Gasteiger partial charge in [-0.3, -0.25) is 9.69 Å². The SMILES string of the molecule is CC(C)OCc1ccccc1C(C(=O)O)N1CCC[C@@H]1C(F)(F)CCCCc1ccc2c(n1)NCCC2. The third kappa shape index (κ3) is 6.85. The van der Waals surface area contributed by atoms with Gasteiger partial charge in [-0.1, -0.05) is 30.3 Å². The van der Waals surface area contributed by atoms with Crippen molar-refractivity contribution in [3.05, 3.63) is 58.8 Å². The molecule has 2 aliphatic rings. The van der Waals surface area contributed by atoms with Crippen LogP contribution in [-0.4, -0.2) is 52.1 Å². The van der Waals surface area contributed by atoms with Crippen LogP contribution in [0.5, 0.6) is 0 Å². The third-order valence-electron chi connectivity index (χ3n) is 7.41. The molecule has 0 radical (unpaired) electrons. The number of ether oxygens (including phenoxy) is 1. The number of nitrogens with one attached hydrogen (secondary N) is 1. The number of nitrogens with zero attached hydrogens (tertiary/aromatic N) is 2. The summed E-state index contributed by atoms with van der Waals surface area (Å²) in [6.45, 7) is 5.32. The average molecular weight is 516 g/mol. The van der Waals surface area contributed by atoms with Crippen molar-refractivity contribution in [1.82, 2.24) is 9.88 Å². The van der Waals surface area contributed by atoms with E-state index in [1.54, 1.807) is 12.1 Å². The third-order valence-corrected chi connectivity index (χ3v) is 7.41. The van der Waals surface area contributed by atoms with E-state index in [0.717, 1.165) is 36.5 Å². The van der Waals surface area contributed by atoms with Crippen molar-refractivity contribution in [3.63, 3.8) is 0 Å². The molecule has 3 heterocycles. The first-order chi connectivity index (χ1) is 17.8. The van der Waals surface area contributed by atoms with Gasteiger partial charge < -0.3 is 15.2 Å². The Bertz CT molecular complexity index is 1060. The van der Waals surface area contributed by atoms with E-state index >= 15 is 8.78 Å². The average Bonchev–Trinajstić information content (AvgIpc) is 3.36. The molecule has 37 heavy (non-hydrogen) atoms. The van der Waals surface area contributed by atoms with E-state index < -0.39 is 24.0 Å². The molecule has 2 atom stereocenters. The minimum Gasteiger partial charge on any atom is -0.480 e. The van der Waals surface area contributed by atoms with E-state index in [1.165, 1.54) is 10.5 Å². The summed E-state index contributed by atoms with van der Waals surface area (Å²) in [5.74, 6) is -3.15. The lowest BCUT2D eigenvalue weighted by Crippen LogP contribution is -2.47. The molecule has 2 aliphatic heterocycles. The summed E-state index contributed by atoms with van der Waals surface area (Å²) in [5.41, 5.74) is 3.40. The number of hydrogen-bond acceptors (Lipinski definition) is 5. The fourth-order valence-corrected chi connectivity index (χ4v) is 5.54. The molecule has 1 aromatic heterocycles. The van der Waals surface area contributed by atoms with Gasteiger partial charge in [0.25, 0.3) is 5.92 Å². The number of aromatic nitrogens is 1. The molecule has 202 valence electrons. The number of anilines is 1. The number of aryl methyl sites for hydroxylation is 2. The quantitative estimate of drug-likeness (QED) is 0.338. The number of carboxylic acid groups (broad SMARTS) is 1. The Labute approximate surface area is 218 Å². The summed E-state index contributed by atoms with van der Waals surface area (Å²) in [6, 6.07) is 9.00. The Kier molecular flexibility index (Phi) is 9.13. The van der Waals surface area contributed by atoms with E-state index in [0.29, 0.717) is 44.2 Å². The van der Waals surface area contributed by atoms with Crippen molar-refractivity contribution in [2.45, 2.75) is 95.9 Å². The second-order valence-electron chi connectivity index (χ2n) is 10.5. The number of fused-ring (bicyclic) bond motifs is 1. The van der Waals surface area contributed by atoms with Gasteiger partial charge in [-0.25, -0.2) is 13.8 Å². The molecular formula is C29H39F2N3O3. The minimum atomic E-state index is -2.97. The fourth-order valence-electron chi connectivity index (χ4n) is 5.54. The molecule has 0 spiro atoms. The number of likely N-dealkylation sites (tertiary alicyclic amines) is 1. The number of unbranched alkanes of at least 4 members (excludes halogenated alkanes) is 1. The van der Waals surface area contributed by atoms with Crippen molar-refractivity contribution in [1.29, 1.82) is 0 Å². The van der Waals surface area contributed by atoms with Crippen LogP contribution in [0, 0.1) is 0 Å². The van der Waals surface area contributed by atoms with Gasteiger partial charge in [-0.05, 0) is 88.1 Å². The summed E-state index contributed by atoms with van der Waals surface area (Å²) >= 11 is 0. The summed E-state index contributed by atoms with van der Waals surface area (Å²) in [6.07, 6.45) is 4.31. The van der Waals surface area contributed by atoms with Gasteiger partial charge in [-0.15, -0.1) is 0 Å². The molecule has 1 unspecified atom stereocenters. The number of pyridine rings is 1. The standard InChI is InChI=1S/C29H39F2N3O3/c1-20(2)37-19-22-9-3-4-12-24(22)26(28(35)36)34-18-8-13-25(34)29(30,31)16-6-5-11-23-15-14-21-10-7-17-32-27(21)33-23/h3-4,9,12,14-15,20,25-26H,5-8,10-11,13,16-19H2,1-2H3,(H,32,33)(H,35,36)/t25-,26?/m1/s1. The zero-order valence-corrected chi connectivity index (χ0v) is 21.9. The zero-order valence-electron chi connectivity index (χ0n) is 21.9. The Morgan fingerprint density at radius 2 is 2.03 bits per heavy atom. The van der Waals surface area contributed by atoms with Crippen LogP contribution in [0.1, 0.15) is 80.8 Å². The van der Waals surface area contributed by atoms with Gasteiger partial charge in [0.1, 0.15) is 11.9 Å². The zero-order chi connectivity index (χ0) is 26.4. The van der Waals surface area contributed by atoms with Gasteiger partial charge in [0.2, 0.25) is 0 Å². The van der Waals surface area contributed by atoms with Crippen LogP contribution >= 0.6 is 0 Å². The fraction of sp³-hybridized carbons (Fsp3) is 0.586. The molecule has 1 fully saturated rings. The number of rotatable bonds is 12. The first-order valence-electron chi connectivity index (χ1n) is 13.5. The number of halogens is 2. The number of carboxylic acids is 1. The molecule has 6 nitrogen and oxygen atoms in total. The number of carbonyl (C=O) groups is 1. The van der Waals surface area contributed by atoms with Crippen molar-refractivity contribution >= 4 is 11.8 Å². The highest BCUT2D eigenvalue weighted by Gasteiger charge is 2.49. The molecule has 1 saturated heterocycles. The smallest absolute Gasteiger partial charge is 0.325 e. The van der Waals surface area contributed by atoms with E-state index in [1.807, 2.05) is 32.0 Å². The number of aliphatic carboxylic acids is 1. The van der Waals surface area contributed by atoms with Crippen molar-refractivity contribution in [2.75, 3.05) is 18.4 Å². The maximum atomic E-state index is 15.5. The molecule has 1 aromatic carbocycles. The molecule has 2 aromatic rings. The van der Waals surface area contributed by atoms with Crippen LogP contribution in [0.3, 0.4) is 0 Å². The van der Waals surface area contributed by atoms with Crippen molar-refractivity contribution in [3.8, 4) is 0 Å². The largest absolute Gasteiger partial charge is 0.480 e. The van der Waals surface area contributed by atoms with Crippen LogP contribution in [-0.2, 0) is 29.0 Å². The van der Waals surface area contributed by atoms with Crippen LogP contribution in [0.4, 0.5) is 14.6 Å². The van der Waals surface area contributed by atoms with Crippen molar-refractivity contribution in [2.24, 2.45) is 0 Å². The van der Waals surface area contributed by atoms with Gasteiger partial charge in [0.05, 0.1) is 18.8 Å². The normalized spacial score (nSPS) is 19.0. The summed E-state index contributed by atoms with van der Waals surface area (Å²) in [5, 5.41) is 13.5. The Morgan fingerprint density at radius 1 is 1.22 bits per heavy atom. The number of alkyl halides is 2. The molecule has 4 rings (SSSR count). The second kappa shape index (κ2) is 12.3. The van der Waals surface area contributed by atoms with Crippen LogP contribution in [0.25, 0.3) is 0 Å². The van der Waals surface area contributed by atoms with Crippen LogP contribution < -0.4 is 5.32 Å². The first-order valence-corrected chi connectivity index (χ1v) is 13.5. The molecule has 0 amide bonds. The maximum Gasteiger partial charge on any atom is 0.325 e. The molecule has 0 saturated carbocycles. The molecule has 2 N–H and O–H groups in total. The van der Waals surface area contributed by atoms with Crippen molar-refractivity contribution < 1.29 is 23.4 Å². The van der Waals surface area contributed by atoms with Gasteiger partial charge in [0.15, 0.2) is 0 Å².